The average molecular weight is 220 g/mol. The number of hydrogen-bond acceptors (Lipinski definition) is 5. The Balaban J connectivity index is 2.82. The van der Waals surface area contributed by atoms with Gasteiger partial charge in [0, 0.05) is 12.4 Å². The predicted octanol–water partition coefficient (Wildman–Crippen LogP) is 0.639. The Hall–Kier alpha value is -2.37. The van der Waals surface area contributed by atoms with Crippen LogP contribution in [0.3, 0.4) is 0 Å². The number of carbonyl (C=O) groups excluding carboxylic acids is 2. The Labute approximate surface area is 90.1 Å². The van der Waals surface area contributed by atoms with E-state index in [2.05, 4.69) is 9.72 Å². The first-order valence-corrected chi connectivity index (χ1v) is 4.41. The summed E-state index contributed by atoms with van der Waals surface area (Å²) in [6.07, 6.45) is 3.36. The summed E-state index contributed by atoms with van der Waals surface area (Å²) in [5.41, 5.74) is 0.277. The molecule has 0 atom stereocenters. The molecule has 0 unspecified atom stereocenters. The molecule has 2 aromatic heterocycles. The van der Waals surface area contributed by atoms with Crippen LogP contribution >= 0.6 is 0 Å². The number of aromatic nitrogens is 2. The van der Waals surface area contributed by atoms with Gasteiger partial charge in [-0.3, -0.25) is 9.20 Å². The molecule has 2 heterocycles. The summed E-state index contributed by atoms with van der Waals surface area (Å²) < 4.78 is 5.92. The zero-order chi connectivity index (χ0) is 11.7. The molecule has 0 bridgehead atoms. The van der Waals surface area contributed by atoms with Crippen LogP contribution in [0.15, 0.2) is 18.5 Å². The fourth-order valence-electron chi connectivity index (χ4n) is 1.44. The van der Waals surface area contributed by atoms with E-state index in [0.29, 0.717) is 6.29 Å². The highest BCUT2D eigenvalue weighted by Gasteiger charge is 2.16. The van der Waals surface area contributed by atoms with Crippen molar-refractivity contribution in [3.05, 3.63) is 29.7 Å². The van der Waals surface area contributed by atoms with Crippen molar-refractivity contribution in [3.8, 4) is 5.75 Å². The van der Waals surface area contributed by atoms with E-state index in [1.807, 2.05) is 0 Å². The van der Waals surface area contributed by atoms with Crippen molar-refractivity contribution in [2.75, 3.05) is 7.11 Å². The van der Waals surface area contributed by atoms with Crippen molar-refractivity contribution in [1.82, 2.24) is 9.38 Å². The van der Waals surface area contributed by atoms with Crippen LogP contribution in [0, 0.1) is 0 Å². The Bertz CT molecular complexity index is 573. The molecule has 0 saturated heterocycles. The van der Waals surface area contributed by atoms with Gasteiger partial charge in [0.05, 0.1) is 12.7 Å². The number of fused-ring (bicyclic) bond motifs is 1. The molecular formula is C10H8N2O4. The summed E-state index contributed by atoms with van der Waals surface area (Å²) in [5, 5.41) is 9.65. The maximum atomic E-state index is 11.4. The first-order chi connectivity index (χ1) is 7.69. The van der Waals surface area contributed by atoms with Crippen molar-refractivity contribution >= 4 is 17.9 Å². The Kier molecular flexibility index (Phi) is 2.32. The van der Waals surface area contributed by atoms with E-state index >= 15 is 0 Å². The van der Waals surface area contributed by atoms with Gasteiger partial charge in [0.2, 0.25) is 0 Å². The first kappa shape index (κ1) is 10.2. The van der Waals surface area contributed by atoms with Gasteiger partial charge < -0.3 is 9.84 Å². The molecule has 16 heavy (non-hydrogen) atoms. The van der Waals surface area contributed by atoms with Gasteiger partial charge in [0.1, 0.15) is 5.69 Å². The lowest BCUT2D eigenvalue weighted by molar-refractivity contribution is 0.0592. The summed E-state index contributed by atoms with van der Waals surface area (Å²) in [5.74, 6) is -0.862. The molecule has 2 aromatic rings. The molecule has 2 rings (SSSR count). The minimum absolute atomic E-state index is 0.000833. The van der Waals surface area contributed by atoms with Crippen molar-refractivity contribution in [1.29, 1.82) is 0 Å². The fourth-order valence-corrected chi connectivity index (χ4v) is 1.44. The van der Waals surface area contributed by atoms with Gasteiger partial charge in [-0.15, -0.1) is 0 Å². The summed E-state index contributed by atoms with van der Waals surface area (Å²) >= 11 is 0. The zero-order valence-electron chi connectivity index (χ0n) is 8.38. The molecule has 6 nitrogen and oxygen atoms in total. The van der Waals surface area contributed by atoms with Crippen LogP contribution in [0.1, 0.15) is 20.8 Å². The quantitative estimate of drug-likeness (QED) is 0.593. The lowest BCUT2D eigenvalue weighted by Gasteiger charge is -2.06. The highest BCUT2D eigenvalue weighted by atomic mass is 16.5. The Morgan fingerprint density at radius 3 is 3.00 bits per heavy atom. The van der Waals surface area contributed by atoms with E-state index in [1.165, 1.54) is 30.0 Å². The molecule has 0 aromatic carbocycles. The van der Waals surface area contributed by atoms with Gasteiger partial charge >= 0.3 is 5.97 Å². The molecule has 0 aliphatic carbocycles. The summed E-state index contributed by atoms with van der Waals surface area (Å²) in [7, 11) is 1.23. The molecule has 0 aliphatic heterocycles. The molecule has 0 amide bonds. The number of nitrogens with zero attached hydrogens (tertiary/aromatic N) is 2. The van der Waals surface area contributed by atoms with E-state index in [-0.39, 0.29) is 22.7 Å². The fraction of sp³-hybridized carbons (Fsp3) is 0.100. The number of methoxy groups -OCH3 is 1. The number of carbonyl (C=O) groups is 2. The minimum atomic E-state index is -0.605. The second kappa shape index (κ2) is 3.65. The predicted molar refractivity (Wildman–Crippen MR) is 53.6 cm³/mol. The SMILES string of the molecule is COC(=O)c1cc(C=O)c(O)c2nccn12. The molecule has 0 saturated carbocycles. The number of imidazole rings is 1. The second-order valence-electron chi connectivity index (χ2n) is 3.06. The Morgan fingerprint density at radius 2 is 2.38 bits per heavy atom. The van der Waals surface area contributed by atoms with Gasteiger partial charge in [-0.05, 0) is 6.07 Å². The van der Waals surface area contributed by atoms with Crippen LogP contribution < -0.4 is 0 Å². The van der Waals surface area contributed by atoms with E-state index in [9.17, 15) is 14.7 Å². The molecule has 0 fully saturated rings. The number of aldehydes is 1. The van der Waals surface area contributed by atoms with Gasteiger partial charge in [-0.2, -0.15) is 0 Å². The third-order valence-corrected chi connectivity index (χ3v) is 2.20. The topological polar surface area (TPSA) is 80.9 Å². The van der Waals surface area contributed by atoms with Crippen LogP contribution in [0.2, 0.25) is 0 Å². The van der Waals surface area contributed by atoms with E-state index in [4.69, 9.17) is 0 Å². The summed E-state index contributed by atoms with van der Waals surface area (Å²) in [6, 6.07) is 1.25. The van der Waals surface area contributed by atoms with E-state index in [0.717, 1.165) is 0 Å². The first-order valence-electron chi connectivity index (χ1n) is 4.41. The lowest BCUT2D eigenvalue weighted by atomic mass is 10.2. The maximum absolute atomic E-state index is 11.4. The third-order valence-electron chi connectivity index (χ3n) is 2.20. The molecule has 0 spiro atoms. The van der Waals surface area contributed by atoms with Crippen LogP contribution in [-0.2, 0) is 4.74 Å². The minimum Gasteiger partial charge on any atom is -0.504 e. The third kappa shape index (κ3) is 1.31. The zero-order valence-corrected chi connectivity index (χ0v) is 8.38. The molecule has 0 aliphatic rings. The number of aromatic hydroxyl groups is 1. The van der Waals surface area contributed by atoms with Crippen LogP contribution in [0.5, 0.6) is 5.75 Å². The van der Waals surface area contributed by atoms with Crippen molar-refractivity contribution in [2.45, 2.75) is 0 Å². The summed E-state index contributed by atoms with van der Waals surface area (Å²) in [4.78, 5) is 26.0. The van der Waals surface area contributed by atoms with Crippen molar-refractivity contribution in [2.24, 2.45) is 0 Å². The number of hydrogen-bond donors (Lipinski definition) is 1. The molecule has 6 heteroatoms. The molecule has 0 radical (unpaired) electrons. The standard InChI is InChI=1S/C10H8N2O4/c1-16-10(15)7-4-6(5-13)8(14)9-11-2-3-12(7)9/h2-5,14H,1H3. The Morgan fingerprint density at radius 1 is 1.62 bits per heavy atom. The van der Waals surface area contributed by atoms with Crippen molar-refractivity contribution in [3.63, 3.8) is 0 Å². The van der Waals surface area contributed by atoms with Crippen LogP contribution in [0.25, 0.3) is 5.65 Å². The van der Waals surface area contributed by atoms with Gasteiger partial charge in [-0.1, -0.05) is 0 Å². The normalized spacial score (nSPS) is 10.3. The highest BCUT2D eigenvalue weighted by Crippen LogP contribution is 2.23. The van der Waals surface area contributed by atoms with Crippen LogP contribution in [-0.4, -0.2) is 33.9 Å². The highest BCUT2D eigenvalue weighted by molar-refractivity contribution is 5.93. The smallest absolute Gasteiger partial charge is 0.355 e. The van der Waals surface area contributed by atoms with Crippen molar-refractivity contribution < 1.29 is 19.4 Å². The molecule has 82 valence electrons. The van der Waals surface area contributed by atoms with E-state index in [1.54, 1.807) is 0 Å². The largest absolute Gasteiger partial charge is 0.504 e. The lowest BCUT2D eigenvalue weighted by Crippen LogP contribution is -2.08. The van der Waals surface area contributed by atoms with Gasteiger partial charge in [0.25, 0.3) is 0 Å². The number of pyridine rings is 1. The van der Waals surface area contributed by atoms with Crippen LogP contribution in [0.4, 0.5) is 0 Å². The maximum Gasteiger partial charge on any atom is 0.355 e. The van der Waals surface area contributed by atoms with Gasteiger partial charge in [-0.25, -0.2) is 9.78 Å². The molecule has 1 N–H and O–H groups in total. The number of rotatable bonds is 2. The summed E-state index contributed by atoms with van der Waals surface area (Å²) in [6.45, 7) is 0. The monoisotopic (exact) mass is 220 g/mol. The average Bonchev–Trinajstić information content (AvgIpc) is 2.78. The molecular weight excluding hydrogens is 212 g/mol. The number of esters is 1. The van der Waals surface area contributed by atoms with E-state index < -0.39 is 5.97 Å². The number of ether oxygens (including phenoxy) is 1. The second-order valence-corrected chi connectivity index (χ2v) is 3.06. The van der Waals surface area contributed by atoms with Gasteiger partial charge in [0.15, 0.2) is 17.7 Å².